The average Bonchev–Trinajstić information content (AvgIpc) is 3.00. The maximum absolute atomic E-state index is 12.3. The first-order valence-electron chi connectivity index (χ1n) is 8.13. The summed E-state index contributed by atoms with van der Waals surface area (Å²) in [7, 11) is 3.18. The number of carboxylic acids is 1. The number of amides is 1. The van der Waals surface area contributed by atoms with Gasteiger partial charge in [0.15, 0.2) is 5.78 Å². The zero-order chi connectivity index (χ0) is 19.3. The van der Waals surface area contributed by atoms with E-state index in [-0.39, 0.29) is 18.7 Å². The van der Waals surface area contributed by atoms with E-state index >= 15 is 0 Å². The SMILES string of the molecule is COc1ccccc1CC(CNC(=O)c1cc(C(C)=O)cn1C)C(=O)O. The molecule has 138 valence electrons. The predicted molar refractivity (Wildman–Crippen MR) is 95.6 cm³/mol. The number of benzene rings is 1. The van der Waals surface area contributed by atoms with Crippen molar-refractivity contribution in [3.8, 4) is 5.75 Å². The molecular weight excluding hydrogens is 336 g/mol. The number of hydrogen-bond acceptors (Lipinski definition) is 4. The fourth-order valence-electron chi connectivity index (χ4n) is 2.67. The number of para-hydroxylation sites is 1. The van der Waals surface area contributed by atoms with Gasteiger partial charge in [0, 0.05) is 25.4 Å². The van der Waals surface area contributed by atoms with E-state index in [9.17, 15) is 19.5 Å². The molecule has 2 rings (SSSR count). The molecule has 1 aromatic heterocycles. The van der Waals surface area contributed by atoms with Crippen LogP contribution in [0, 0.1) is 5.92 Å². The third-order valence-electron chi connectivity index (χ3n) is 4.16. The molecule has 2 N–H and O–H groups in total. The molecule has 0 saturated heterocycles. The van der Waals surface area contributed by atoms with Gasteiger partial charge in [-0.3, -0.25) is 14.4 Å². The van der Waals surface area contributed by atoms with Crippen LogP contribution in [-0.2, 0) is 18.3 Å². The van der Waals surface area contributed by atoms with Gasteiger partial charge in [-0.15, -0.1) is 0 Å². The smallest absolute Gasteiger partial charge is 0.308 e. The molecule has 1 unspecified atom stereocenters. The van der Waals surface area contributed by atoms with Crippen LogP contribution < -0.4 is 10.1 Å². The molecule has 0 spiro atoms. The zero-order valence-corrected chi connectivity index (χ0v) is 15.0. The molecule has 2 aromatic rings. The molecule has 7 nitrogen and oxygen atoms in total. The number of nitrogens with one attached hydrogen (secondary N) is 1. The summed E-state index contributed by atoms with van der Waals surface area (Å²) in [5.74, 6) is -1.76. The number of aliphatic carboxylic acids is 1. The van der Waals surface area contributed by atoms with Crippen LogP contribution in [0.5, 0.6) is 5.75 Å². The minimum atomic E-state index is -1.01. The van der Waals surface area contributed by atoms with Crippen molar-refractivity contribution in [3.05, 3.63) is 53.3 Å². The first-order chi connectivity index (χ1) is 12.3. The first-order valence-corrected chi connectivity index (χ1v) is 8.13. The number of aromatic nitrogens is 1. The molecule has 1 amide bonds. The molecule has 1 heterocycles. The highest BCUT2D eigenvalue weighted by Gasteiger charge is 2.22. The maximum atomic E-state index is 12.3. The Morgan fingerprint density at radius 2 is 1.96 bits per heavy atom. The van der Waals surface area contributed by atoms with Gasteiger partial charge in [-0.2, -0.15) is 0 Å². The lowest BCUT2D eigenvalue weighted by atomic mass is 9.98. The van der Waals surface area contributed by atoms with Crippen LogP contribution in [0.25, 0.3) is 0 Å². The van der Waals surface area contributed by atoms with Crippen LogP contribution in [0.15, 0.2) is 36.5 Å². The molecule has 0 aliphatic rings. The van der Waals surface area contributed by atoms with Crippen molar-refractivity contribution in [3.63, 3.8) is 0 Å². The first kappa shape index (κ1) is 19.2. The van der Waals surface area contributed by atoms with Crippen LogP contribution in [0.2, 0.25) is 0 Å². The van der Waals surface area contributed by atoms with Crippen LogP contribution in [0.4, 0.5) is 0 Å². The Kier molecular flexibility index (Phi) is 6.16. The van der Waals surface area contributed by atoms with Gasteiger partial charge >= 0.3 is 5.97 Å². The van der Waals surface area contributed by atoms with E-state index in [1.54, 1.807) is 29.9 Å². The Balaban J connectivity index is 2.08. The Hall–Kier alpha value is -3.09. The minimum Gasteiger partial charge on any atom is -0.496 e. The van der Waals surface area contributed by atoms with E-state index in [2.05, 4.69) is 5.32 Å². The maximum Gasteiger partial charge on any atom is 0.308 e. The van der Waals surface area contributed by atoms with E-state index in [1.165, 1.54) is 20.1 Å². The van der Waals surface area contributed by atoms with Crippen LogP contribution in [-0.4, -0.2) is 41.0 Å². The number of ether oxygens (including phenoxy) is 1. The zero-order valence-electron chi connectivity index (χ0n) is 15.0. The Morgan fingerprint density at radius 1 is 1.27 bits per heavy atom. The summed E-state index contributed by atoms with van der Waals surface area (Å²) >= 11 is 0. The number of carbonyl (C=O) groups excluding carboxylic acids is 2. The summed E-state index contributed by atoms with van der Waals surface area (Å²) in [5, 5.41) is 12.1. The lowest BCUT2D eigenvalue weighted by Crippen LogP contribution is -2.34. The lowest BCUT2D eigenvalue weighted by molar-refractivity contribution is -0.141. The molecule has 1 aromatic carbocycles. The standard InChI is InChI=1S/C19H22N2O5/c1-12(22)15-9-16(21(2)11-15)18(23)20-10-14(19(24)25)8-13-6-4-5-7-17(13)26-3/h4-7,9,11,14H,8,10H2,1-3H3,(H,20,23)(H,24,25). The van der Waals surface area contributed by atoms with Crippen LogP contribution in [0.3, 0.4) is 0 Å². The van der Waals surface area contributed by atoms with E-state index in [1.807, 2.05) is 12.1 Å². The number of carboxylic acid groups (broad SMARTS) is 1. The second-order valence-corrected chi connectivity index (χ2v) is 6.04. The molecule has 26 heavy (non-hydrogen) atoms. The second kappa shape index (κ2) is 8.33. The van der Waals surface area contributed by atoms with Crippen molar-refractivity contribution in [1.29, 1.82) is 0 Å². The van der Waals surface area contributed by atoms with Gasteiger partial charge in [-0.05, 0) is 31.0 Å². The van der Waals surface area contributed by atoms with Gasteiger partial charge in [0.05, 0.1) is 13.0 Å². The lowest BCUT2D eigenvalue weighted by Gasteiger charge is -2.15. The van der Waals surface area contributed by atoms with Crippen molar-refractivity contribution in [2.45, 2.75) is 13.3 Å². The van der Waals surface area contributed by atoms with Gasteiger partial charge in [0.1, 0.15) is 11.4 Å². The monoisotopic (exact) mass is 358 g/mol. The third kappa shape index (κ3) is 4.50. The molecule has 0 radical (unpaired) electrons. The van der Waals surface area contributed by atoms with Gasteiger partial charge in [-0.1, -0.05) is 18.2 Å². The fourth-order valence-corrected chi connectivity index (χ4v) is 2.67. The van der Waals surface area contributed by atoms with Crippen molar-refractivity contribution < 1.29 is 24.2 Å². The second-order valence-electron chi connectivity index (χ2n) is 6.04. The van der Waals surface area contributed by atoms with Crippen LogP contribution >= 0.6 is 0 Å². The number of carbonyl (C=O) groups is 3. The Morgan fingerprint density at radius 3 is 2.54 bits per heavy atom. The molecule has 7 heteroatoms. The summed E-state index contributed by atoms with van der Waals surface area (Å²) in [6.45, 7) is 1.39. The molecule has 1 atom stereocenters. The summed E-state index contributed by atoms with van der Waals surface area (Å²) in [6.07, 6.45) is 1.80. The van der Waals surface area contributed by atoms with E-state index in [0.29, 0.717) is 17.0 Å². The summed E-state index contributed by atoms with van der Waals surface area (Å²) in [6, 6.07) is 8.67. The Labute approximate surface area is 151 Å². The number of Topliss-reactive ketones (excluding diaryl/α,β-unsaturated/α-hetero) is 1. The quantitative estimate of drug-likeness (QED) is 0.703. The normalized spacial score (nSPS) is 11.7. The highest BCUT2D eigenvalue weighted by atomic mass is 16.5. The van der Waals surface area contributed by atoms with Crippen molar-refractivity contribution in [2.24, 2.45) is 13.0 Å². The predicted octanol–water partition coefficient (Wildman–Crippen LogP) is 1.91. The van der Waals surface area contributed by atoms with E-state index in [4.69, 9.17) is 4.74 Å². The summed E-state index contributed by atoms with van der Waals surface area (Å²) < 4.78 is 6.79. The third-order valence-corrected chi connectivity index (χ3v) is 4.16. The average molecular weight is 358 g/mol. The molecular formula is C19H22N2O5. The molecule has 0 bridgehead atoms. The molecule has 0 aliphatic heterocycles. The topological polar surface area (TPSA) is 97.6 Å². The van der Waals surface area contributed by atoms with Crippen LogP contribution in [0.1, 0.15) is 33.3 Å². The minimum absolute atomic E-state index is 0.0349. The van der Waals surface area contributed by atoms with Gasteiger partial charge in [0.2, 0.25) is 0 Å². The van der Waals surface area contributed by atoms with Gasteiger partial charge in [-0.25, -0.2) is 0 Å². The van der Waals surface area contributed by atoms with E-state index in [0.717, 1.165) is 5.56 Å². The highest BCUT2D eigenvalue weighted by Crippen LogP contribution is 2.21. The number of aryl methyl sites for hydroxylation is 1. The number of ketones is 1. The van der Waals surface area contributed by atoms with Crippen molar-refractivity contribution in [1.82, 2.24) is 9.88 Å². The molecule has 0 aliphatic carbocycles. The van der Waals surface area contributed by atoms with Gasteiger partial charge in [0.25, 0.3) is 5.91 Å². The number of hydrogen-bond donors (Lipinski definition) is 2. The van der Waals surface area contributed by atoms with Gasteiger partial charge < -0.3 is 19.7 Å². The number of rotatable bonds is 8. The Bertz CT molecular complexity index is 825. The summed E-state index contributed by atoms with van der Waals surface area (Å²) in [4.78, 5) is 35.3. The van der Waals surface area contributed by atoms with E-state index < -0.39 is 17.8 Å². The van der Waals surface area contributed by atoms with Crippen molar-refractivity contribution in [2.75, 3.05) is 13.7 Å². The fraction of sp³-hybridized carbons (Fsp3) is 0.316. The highest BCUT2D eigenvalue weighted by molar-refractivity contribution is 5.99. The number of methoxy groups -OCH3 is 1. The molecule has 0 fully saturated rings. The number of nitrogens with zero attached hydrogens (tertiary/aromatic N) is 1. The largest absolute Gasteiger partial charge is 0.496 e. The summed E-state index contributed by atoms with van der Waals surface area (Å²) in [5.41, 5.74) is 1.49. The molecule has 0 saturated carbocycles. The van der Waals surface area contributed by atoms with Crippen molar-refractivity contribution >= 4 is 17.7 Å².